The van der Waals surface area contributed by atoms with Crippen LogP contribution in [-0.2, 0) is 28.8 Å². The van der Waals surface area contributed by atoms with E-state index in [1.807, 2.05) is 0 Å². The largest absolute Gasteiger partial charge is 0.480 e. The maximum atomic E-state index is 11.9. The van der Waals surface area contributed by atoms with E-state index in [0.717, 1.165) is 0 Å². The molecule has 0 aliphatic heterocycles. The van der Waals surface area contributed by atoms with Gasteiger partial charge in [0.1, 0.15) is 12.1 Å². The van der Waals surface area contributed by atoms with Crippen molar-refractivity contribution in [3.63, 3.8) is 0 Å². The molecule has 0 saturated carbocycles. The van der Waals surface area contributed by atoms with E-state index in [1.165, 1.54) is 6.92 Å². The van der Waals surface area contributed by atoms with E-state index in [4.69, 9.17) is 22.3 Å². The first-order valence-corrected chi connectivity index (χ1v) is 8.36. The summed E-state index contributed by atoms with van der Waals surface area (Å²) in [4.78, 5) is 67.9. The Bertz CT molecular complexity index is 624. The van der Waals surface area contributed by atoms with Crippen molar-refractivity contribution in [3.8, 4) is 0 Å². The molecule has 28 heavy (non-hydrogen) atoms. The van der Waals surface area contributed by atoms with Gasteiger partial charge in [-0.25, -0.2) is 4.79 Å². The molecule has 3 unspecified atom stereocenters. The molecule has 158 valence electrons. The first-order chi connectivity index (χ1) is 12.9. The summed E-state index contributed by atoms with van der Waals surface area (Å²) in [5.74, 6) is -4.88. The van der Waals surface area contributed by atoms with Crippen molar-refractivity contribution in [1.82, 2.24) is 16.0 Å². The molecule has 0 aromatic heterocycles. The average Bonchev–Trinajstić information content (AvgIpc) is 2.60. The van der Waals surface area contributed by atoms with Crippen molar-refractivity contribution >= 4 is 35.5 Å². The molecule has 0 aromatic carbocycles. The number of carboxylic acid groups (broad SMARTS) is 1. The van der Waals surface area contributed by atoms with E-state index >= 15 is 0 Å². The van der Waals surface area contributed by atoms with Crippen molar-refractivity contribution in [1.29, 1.82) is 0 Å². The Balaban J connectivity index is 4.40. The summed E-state index contributed by atoms with van der Waals surface area (Å²) in [7, 11) is 0. The normalized spacial score (nSPS) is 13.5. The van der Waals surface area contributed by atoms with Gasteiger partial charge >= 0.3 is 5.97 Å². The predicted octanol–water partition coefficient (Wildman–Crippen LogP) is -3.96. The highest BCUT2D eigenvalue weighted by atomic mass is 16.4. The highest BCUT2D eigenvalue weighted by molar-refractivity contribution is 5.92. The second-order valence-electron chi connectivity index (χ2n) is 6.02. The zero-order valence-electron chi connectivity index (χ0n) is 15.4. The van der Waals surface area contributed by atoms with Crippen LogP contribution in [-0.4, -0.2) is 65.3 Å². The lowest BCUT2D eigenvalue weighted by atomic mass is 10.1. The summed E-state index contributed by atoms with van der Waals surface area (Å²) >= 11 is 0. The monoisotopic (exact) mass is 402 g/mol. The number of hydrogen-bond donors (Lipinski definition) is 7. The van der Waals surface area contributed by atoms with Crippen LogP contribution in [0.4, 0.5) is 0 Å². The van der Waals surface area contributed by atoms with E-state index in [2.05, 4.69) is 16.0 Å². The number of aliphatic carboxylic acids is 1. The van der Waals surface area contributed by atoms with Crippen molar-refractivity contribution in [3.05, 3.63) is 0 Å². The highest BCUT2D eigenvalue weighted by Gasteiger charge is 2.23. The maximum absolute atomic E-state index is 11.9. The molecule has 0 radical (unpaired) electrons. The van der Waals surface area contributed by atoms with Crippen LogP contribution < -0.4 is 33.2 Å². The van der Waals surface area contributed by atoms with Crippen molar-refractivity contribution in [2.45, 2.75) is 50.7 Å². The summed E-state index contributed by atoms with van der Waals surface area (Å²) in [6.45, 7) is 0.798. The average molecular weight is 402 g/mol. The molecule has 0 saturated heterocycles. The lowest BCUT2D eigenvalue weighted by Crippen LogP contribution is -2.52. The van der Waals surface area contributed by atoms with Crippen LogP contribution in [0.15, 0.2) is 0 Å². The smallest absolute Gasteiger partial charge is 0.326 e. The third-order valence-electron chi connectivity index (χ3n) is 3.53. The van der Waals surface area contributed by atoms with Crippen LogP contribution in [0.2, 0.25) is 0 Å². The molecule has 0 aromatic rings. The molecular weight excluding hydrogens is 376 g/mol. The van der Waals surface area contributed by atoms with Gasteiger partial charge in [0.2, 0.25) is 29.5 Å². The lowest BCUT2D eigenvalue weighted by molar-refractivity contribution is -0.142. The number of carbonyl (C=O) groups excluding carboxylic acids is 5. The second-order valence-corrected chi connectivity index (χ2v) is 6.02. The Kier molecular flexibility index (Phi) is 10.8. The topological polar surface area (TPSA) is 237 Å². The van der Waals surface area contributed by atoms with Crippen LogP contribution in [0.1, 0.15) is 32.6 Å². The third-order valence-corrected chi connectivity index (χ3v) is 3.53. The van der Waals surface area contributed by atoms with Gasteiger partial charge in [0, 0.05) is 12.8 Å². The molecule has 13 heteroatoms. The van der Waals surface area contributed by atoms with E-state index in [9.17, 15) is 28.8 Å². The number of hydrogen-bond acceptors (Lipinski definition) is 7. The van der Waals surface area contributed by atoms with Gasteiger partial charge in [0.25, 0.3) is 0 Å². The maximum Gasteiger partial charge on any atom is 0.326 e. The lowest BCUT2D eigenvalue weighted by Gasteiger charge is -2.18. The van der Waals surface area contributed by atoms with E-state index in [0.29, 0.717) is 0 Å². The van der Waals surface area contributed by atoms with Crippen LogP contribution >= 0.6 is 0 Å². The predicted molar refractivity (Wildman–Crippen MR) is 95.0 cm³/mol. The zero-order valence-corrected chi connectivity index (χ0v) is 15.4. The van der Waals surface area contributed by atoms with E-state index in [1.54, 1.807) is 0 Å². The van der Waals surface area contributed by atoms with Crippen molar-refractivity contribution < 1.29 is 33.9 Å². The van der Waals surface area contributed by atoms with Gasteiger partial charge in [-0.05, 0) is 19.8 Å². The van der Waals surface area contributed by atoms with E-state index in [-0.39, 0.29) is 25.7 Å². The SMILES string of the molecule is CC(NC(=O)C(N)CCC(N)=O)C(=O)NCC(=O)NC(CCC(N)=O)C(=O)O. The first-order valence-electron chi connectivity index (χ1n) is 8.36. The Morgan fingerprint density at radius 2 is 1.43 bits per heavy atom. The molecule has 0 fully saturated rings. The molecule has 0 aliphatic rings. The Morgan fingerprint density at radius 1 is 0.893 bits per heavy atom. The van der Waals surface area contributed by atoms with Gasteiger partial charge in [0.05, 0.1) is 12.6 Å². The molecule has 10 N–H and O–H groups in total. The molecule has 13 nitrogen and oxygen atoms in total. The molecular formula is C15H26N6O7. The quantitative estimate of drug-likeness (QED) is 0.160. The molecule has 0 heterocycles. The Hall–Kier alpha value is -3.22. The van der Waals surface area contributed by atoms with Gasteiger partial charge < -0.3 is 38.3 Å². The third kappa shape index (κ3) is 10.7. The van der Waals surface area contributed by atoms with Crippen LogP contribution in [0, 0.1) is 0 Å². The zero-order chi connectivity index (χ0) is 21.9. The molecule has 0 bridgehead atoms. The number of rotatable bonds is 13. The number of nitrogens with two attached hydrogens (primary N) is 3. The van der Waals surface area contributed by atoms with Crippen molar-refractivity contribution in [2.24, 2.45) is 17.2 Å². The molecule has 5 amide bonds. The fourth-order valence-corrected chi connectivity index (χ4v) is 1.92. The van der Waals surface area contributed by atoms with Gasteiger partial charge in [-0.2, -0.15) is 0 Å². The van der Waals surface area contributed by atoms with E-state index < -0.39 is 60.2 Å². The van der Waals surface area contributed by atoms with Crippen molar-refractivity contribution in [2.75, 3.05) is 6.54 Å². The van der Waals surface area contributed by atoms with Gasteiger partial charge in [-0.3, -0.25) is 24.0 Å². The van der Waals surface area contributed by atoms with Gasteiger partial charge in [-0.15, -0.1) is 0 Å². The van der Waals surface area contributed by atoms with Crippen LogP contribution in [0.3, 0.4) is 0 Å². The fourth-order valence-electron chi connectivity index (χ4n) is 1.92. The fraction of sp³-hybridized carbons (Fsp3) is 0.600. The molecule has 0 aliphatic carbocycles. The van der Waals surface area contributed by atoms with Gasteiger partial charge in [-0.1, -0.05) is 0 Å². The highest BCUT2D eigenvalue weighted by Crippen LogP contribution is 1.98. The first kappa shape index (κ1) is 24.8. The minimum absolute atomic E-state index is 0.0137. The summed E-state index contributed by atoms with van der Waals surface area (Å²) in [6.07, 6.45) is -0.502. The molecule has 3 atom stereocenters. The van der Waals surface area contributed by atoms with Crippen LogP contribution in [0.5, 0.6) is 0 Å². The van der Waals surface area contributed by atoms with Crippen LogP contribution in [0.25, 0.3) is 0 Å². The standard InChI is InChI=1S/C15H26N6O7/c1-7(20-14(26)8(16)2-4-10(17)22)13(25)19-6-12(24)21-9(15(27)28)3-5-11(18)23/h7-9H,2-6,16H2,1H3,(H2,17,22)(H2,18,23)(H,19,25)(H,20,26)(H,21,24)(H,27,28). The number of carboxylic acids is 1. The number of nitrogens with one attached hydrogen (secondary N) is 3. The Labute approximate surface area is 160 Å². The number of amides is 5. The minimum atomic E-state index is -1.36. The summed E-state index contributed by atoms with van der Waals surface area (Å²) in [6, 6.07) is -3.41. The molecule has 0 rings (SSSR count). The summed E-state index contributed by atoms with van der Waals surface area (Å²) < 4.78 is 0. The molecule has 0 spiro atoms. The minimum Gasteiger partial charge on any atom is -0.480 e. The number of carbonyl (C=O) groups is 6. The van der Waals surface area contributed by atoms with Gasteiger partial charge in [0.15, 0.2) is 0 Å². The second kappa shape index (κ2) is 12.2. The Morgan fingerprint density at radius 3 is 1.93 bits per heavy atom. The summed E-state index contributed by atoms with van der Waals surface area (Å²) in [5.41, 5.74) is 15.5. The number of primary amides is 2. The summed E-state index contributed by atoms with van der Waals surface area (Å²) in [5, 5.41) is 15.7.